The van der Waals surface area contributed by atoms with Crippen molar-refractivity contribution in [3.8, 4) is 0 Å². The molecule has 0 aromatic heterocycles. The molecule has 0 aliphatic rings. The fourth-order valence-electron chi connectivity index (χ4n) is 1.53. The highest BCUT2D eigenvalue weighted by molar-refractivity contribution is 5.92. The van der Waals surface area contributed by atoms with Gasteiger partial charge in [-0.3, -0.25) is 0 Å². The molecule has 1 aromatic rings. The first-order valence-electron chi connectivity index (χ1n) is 6.62. The average molecular weight is 278 g/mol. The molecule has 6 nitrogen and oxygen atoms in total. The van der Waals surface area contributed by atoms with Gasteiger partial charge in [0.05, 0.1) is 0 Å². The van der Waals surface area contributed by atoms with Crippen LogP contribution in [0.1, 0.15) is 27.7 Å². The zero-order valence-corrected chi connectivity index (χ0v) is 12.3. The van der Waals surface area contributed by atoms with E-state index < -0.39 is 0 Å². The standard InChI is InChI=1S/C14H22N4O2/c1-9(2)15-13(19)17-11-6-5-7-12(8-11)18-14(20)16-10(3)4/h5-10H,1-4H3,(H2,15,17,19)(H2,16,18,20). The summed E-state index contributed by atoms with van der Waals surface area (Å²) in [5.74, 6) is 0. The fraction of sp³-hybridized carbons (Fsp3) is 0.429. The van der Waals surface area contributed by atoms with Crippen LogP contribution in [0.4, 0.5) is 21.0 Å². The van der Waals surface area contributed by atoms with Gasteiger partial charge in [0, 0.05) is 23.5 Å². The van der Waals surface area contributed by atoms with Crippen LogP contribution in [0, 0.1) is 0 Å². The molecule has 110 valence electrons. The molecule has 0 atom stereocenters. The third-order valence-electron chi connectivity index (χ3n) is 2.22. The quantitative estimate of drug-likeness (QED) is 0.683. The zero-order valence-electron chi connectivity index (χ0n) is 12.3. The average Bonchev–Trinajstić information content (AvgIpc) is 2.26. The first-order valence-corrected chi connectivity index (χ1v) is 6.62. The summed E-state index contributed by atoms with van der Waals surface area (Å²) in [6.45, 7) is 7.53. The number of carbonyl (C=O) groups excluding carboxylic acids is 2. The topological polar surface area (TPSA) is 82.3 Å². The first kappa shape index (κ1) is 15.8. The molecular weight excluding hydrogens is 256 g/mol. The largest absolute Gasteiger partial charge is 0.336 e. The number of amides is 4. The van der Waals surface area contributed by atoms with E-state index in [1.807, 2.05) is 27.7 Å². The molecule has 0 unspecified atom stereocenters. The van der Waals surface area contributed by atoms with E-state index in [0.29, 0.717) is 11.4 Å². The summed E-state index contributed by atoms with van der Waals surface area (Å²) >= 11 is 0. The number of nitrogens with one attached hydrogen (secondary N) is 4. The smallest absolute Gasteiger partial charge is 0.319 e. The minimum absolute atomic E-state index is 0.0631. The molecule has 1 aromatic carbocycles. The highest BCUT2D eigenvalue weighted by Gasteiger charge is 2.06. The lowest BCUT2D eigenvalue weighted by Gasteiger charge is -2.12. The molecule has 0 aliphatic carbocycles. The summed E-state index contributed by atoms with van der Waals surface area (Å²) in [7, 11) is 0. The Morgan fingerprint density at radius 2 is 1.25 bits per heavy atom. The summed E-state index contributed by atoms with van der Waals surface area (Å²) in [6.07, 6.45) is 0. The van der Waals surface area contributed by atoms with Crippen LogP contribution in [0.15, 0.2) is 24.3 Å². The Kier molecular flexibility index (Phi) is 5.83. The van der Waals surface area contributed by atoms with E-state index in [2.05, 4.69) is 21.3 Å². The zero-order chi connectivity index (χ0) is 15.1. The molecule has 0 saturated carbocycles. The van der Waals surface area contributed by atoms with Crippen LogP contribution >= 0.6 is 0 Å². The number of benzene rings is 1. The Balaban J connectivity index is 2.61. The molecule has 1 rings (SSSR count). The van der Waals surface area contributed by atoms with Gasteiger partial charge in [0.15, 0.2) is 0 Å². The number of anilines is 2. The van der Waals surface area contributed by atoms with Crippen LogP contribution < -0.4 is 21.3 Å². The van der Waals surface area contributed by atoms with Crippen LogP contribution in [0.25, 0.3) is 0 Å². The van der Waals surface area contributed by atoms with Crippen LogP contribution in [0.5, 0.6) is 0 Å². The monoisotopic (exact) mass is 278 g/mol. The van der Waals surface area contributed by atoms with Gasteiger partial charge in [-0.1, -0.05) is 6.07 Å². The maximum absolute atomic E-state index is 11.6. The van der Waals surface area contributed by atoms with Crippen molar-refractivity contribution in [1.82, 2.24) is 10.6 Å². The van der Waals surface area contributed by atoms with Crippen molar-refractivity contribution in [2.45, 2.75) is 39.8 Å². The molecular formula is C14H22N4O2. The Hall–Kier alpha value is -2.24. The third kappa shape index (κ3) is 6.08. The summed E-state index contributed by atoms with van der Waals surface area (Å²) in [4.78, 5) is 23.2. The molecule has 0 spiro atoms. The Morgan fingerprint density at radius 3 is 1.60 bits per heavy atom. The molecule has 6 heteroatoms. The van der Waals surface area contributed by atoms with Crippen molar-refractivity contribution >= 4 is 23.4 Å². The van der Waals surface area contributed by atoms with Gasteiger partial charge in [-0.2, -0.15) is 0 Å². The number of carbonyl (C=O) groups is 2. The van der Waals surface area contributed by atoms with Gasteiger partial charge in [0.25, 0.3) is 0 Å². The van der Waals surface area contributed by atoms with Crippen molar-refractivity contribution in [3.05, 3.63) is 24.3 Å². The summed E-state index contributed by atoms with van der Waals surface area (Å²) < 4.78 is 0. The van der Waals surface area contributed by atoms with E-state index in [9.17, 15) is 9.59 Å². The lowest BCUT2D eigenvalue weighted by atomic mass is 10.3. The van der Waals surface area contributed by atoms with E-state index in [1.165, 1.54) is 0 Å². The maximum Gasteiger partial charge on any atom is 0.319 e. The lowest BCUT2D eigenvalue weighted by Crippen LogP contribution is -2.34. The van der Waals surface area contributed by atoms with E-state index in [0.717, 1.165) is 0 Å². The van der Waals surface area contributed by atoms with Crippen molar-refractivity contribution < 1.29 is 9.59 Å². The molecule has 0 bridgehead atoms. The predicted octanol–water partition coefficient (Wildman–Crippen LogP) is 2.75. The number of hydrogen-bond acceptors (Lipinski definition) is 2. The van der Waals surface area contributed by atoms with Gasteiger partial charge >= 0.3 is 12.1 Å². The van der Waals surface area contributed by atoms with Crippen LogP contribution in [0.2, 0.25) is 0 Å². The van der Waals surface area contributed by atoms with E-state index >= 15 is 0 Å². The first-order chi connectivity index (χ1) is 9.36. The highest BCUT2D eigenvalue weighted by atomic mass is 16.2. The van der Waals surface area contributed by atoms with Gasteiger partial charge in [0.2, 0.25) is 0 Å². The SMILES string of the molecule is CC(C)NC(=O)Nc1cccc(NC(=O)NC(C)C)c1. The number of rotatable bonds is 4. The molecule has 0 saturated heterocycles. The second kappa shape index (κ2) is 7.37. The molecule has 0 aliphatic heterocycles. The molecule has 0 radical (unpaired) electrons. The van der Waals surface area contributed by atoms with Crippen molar-refractivity contribution in [3.63, 3.8) is 0 Å². The second-order valence-corrected chi connectivity index (χ2v) is 5.09. The van der Waals surface area contributed by atoms with Crippen LogP contribution in [-0.4, -0.2) is 24.1 Å². The van der Waals surface area contributed by atoms with Crippen molar-refractivity contribution in [2.75, 3.05) is 10.6 Å². The Labute approximate surface area is 119 Å². The summed E-state index contributed by atoms with van der Waals surface area (Å²) in [5, 5.41) is 10.9. The van der Waals surface area contributed by atoms with Gasteiger partial charge in [-0.15, -0.1) is 0 Å². The number of hydrogen-bond donors (Lipinski definition) is 4. The Bertz CT molecular complexity index is 433. The normalized spacial score (nSPS) is 10.3. The van der Waals surface area contributed by atoms with Gasteiger partial charge in [-0.25, -0.2) is 9.59 Å². The van der Waals surface area contributed by atoms with Gasteiger partial charge < -0.3 is 21.3 Å². The van der Waals surface area contributed by atoms with Crippen LogP contribution in [-0.2, 0) is 0 Å². The van der Waals surface area contributed by atoms with Gasteiger partial charge in [0.1, 0.15) is 0 Å². The third-order valence-corrected chi connectivity index (χ3v) is 2.22. The molecule has 20 heavy (non-hydrogen) atoms. The number of urea groups is 2. The molecule has 4 N–H and O–H groups in total. The van der Waals surface area contributed by atoms with E-state index in [4.69, 9.17) is 0 Å². The minimum atomic E-state index is -0.274. The van der Waals surface area contributed by atoms with Gasteiger partial charge in [-0.05, 0) is 45.9 Å². The maximum atomic E-state index is 11.6. The lowest BCUT2D eigenvalue weighted by molar-refractivity contribution is 0.249. The highest BCUT2D eigenvalue weighted by Crippen LogP contribution is 2.14. The molecule has 4 amide bonds. The van der Waals surface area contributed by atoms with Crippen molar-refractivity contribution in [2.24, 2.45) is 0 Å². The molecule has 0 fully saturated rings. The second-order valence-electron chi connectivity index (χ2n) is 5.09. The summed E-state index contributed by atoms with van der Waals surface area (Å²) in [5.41, 5.74) is 1.23. The Morgan fingerprint density at radius 1 is 0.850 bits per heavy atom. The van der Waals surface area contributed by atoms with Crippen LogP contribution in [0.3, 0.4) is 0 Å². The van der Waals surface area contributed by atoms with Crippen molar-refractivity contribution in [1.29, 1.82) is 0 Å². The minimum Gasteiger partial charge on any atom is -0.336 e. The van der Waals surface area contributed by atoms with E-state index in [-0.39, 0.29) is 24.1 Å². The summed E-state index contributed by atoms with van der Waals surface area (Å²) in [6, 6.07) is 6.54. The predicted molar refractivity (Wildman–Crippen MR) is 81.0 cm³/mol. The molecule has 0 heterocycles. The van der Waals surface area contributed by atoms with E-state index in [1.54, 1.807) is 24.3 Å². The fourth-order valence-corrected chi connectivity index (χ4v) is 1.53.